The minimum atomic E-state index is -0.669. The number of fused-ring (bicyclic) bond motifs is 1. The number of hydrogen-bond donors (Lipinski definition) is 2. The Balaban J connectivity index is 1.94. The molecule has 128 valence electrons. The van der Waals surface area contributed by atoms with Crippen LogP contribution in [0, 0.1) is 17.0 Å². The van der Waals surface area contributed by atoms with Crippen molar-refractivity contribution in [2.24, 2.45) is 0 Å². The Morgan fingerprint density at radius 3 is 2.88 bits per heavy atom. The fourth-order valence-corrected chi connectivity index (χ4v) is 2.68. The number of halogens is 1. The first-order valence-corrected chi connectivity index (χ1v) is 7.56. The van der Waals surface area contributed by atoms with Crippen LogP contribution in [-0.2, 0) is 4.79 Å². The molecule has 0 bridgehead atoms. The van der Waals surface area contributed by atoms with E-state index in [4.69, 9.17) is 16.3 Å². The van der Waals surface area contributed by atoms with Crippen LogP contribution in [0.25, 0.3) is 0 Å². The molecule has 0 saturated heterocycles. The van der Waals surface area contributed by atoms with Gasteiger partial charge in [-0.3, -0.25) is 19.7 Å². The quantitative estimate of drug-likeness (QED) is 0.644. The van der Waals surface area contributed by atoms with Crippen LogP contribution in [0.5, 0.6) is 5.75 Å². The summed E-state index contributed by atoms with van der Waals surface area (Å²) >= 11 is 6.12. The van der Waals surface area contributed by atoms with Crippen LogP contribution < -0.4 is 15.4 Å². The lowest BCUT2D eigenvalue weighted by atomic mass is 10.1. The number of nitro benzene ring substituents is 1. The van der Waals surface area contributed by atoms with Crippen LogP contribution in [0.15, 0.2) is 30.3 Å². The molecule has 1 aliphatic rings. The van der Waals surface area contributed by atoms with Crippen LogP contribution in [0.4, 0.5) is 17.1 Å². The predicted octanol–water partition coefficient (Wildman–Crippen LogP) is 3.14. The summed E-state index contributed by atoms with van der Waals surface area (Å²) in [5, 5.41) is 16.5. The third kappa shape index (κ3) is 3.24. The SMILES string of the molecule is Cc1cccc(C(=O)Nc2cc3c(cc2Cl)NC(=O)CO3)c1[N+](=O)[O-]. The summed E-state index contributed by atoms with van der Waals surface area (Å²) in [7, 11) is 0. The highest BCUT2D eigenvalue weighted by Gasteiger charge is 2.24. The van der Waals surface area contributed by atoms with Crippen molar-refractivity contribution < 1.29 is 19.2 Å². The second-order valence-corrected chi connectivity index (χ2v) is 5.75. The predicted molar refractivity (Wildman–Crippen MR) is 91.4 cm³/mol. The number of amides is 2. The van der Waals surface area contributed by atoms with Gasteiger partial charge in [0.15, 0.2) is 6.61 Å². The Kier molecular flexibility index (Phi) is 4.28. The van der Waals surface area contributed by atoms with Gasteiger partial charge in [0.05, 0.1) is 21.3 Å². The van der Waals surface area contributed by atoms with Crippen LogP contribution in [0.2, 0.25) is 5.02 Å². The maximum atomic E-state index is 12.5. The van der Waals surface area contributed by atoms with Crippen LogP contribution >= 0.6 is 11.6 Å². The largest absolute Gasteiger partial charge is 0.482 e. The van der Waals surface area contributed by atoms with Gasteiger partial charge in [-0.1, -0.05) is 23.7 Å². The minimum absolute atomic E-state index is 0.0759. The number of nitro groups is 1. The van der Waals surface area contributed by atoms with Crippen LogP contribution in [0.3, 0.4) is 0 Å². The molecule has 3 rings (SSSR count). The number of aryl methyl sites for hydroxylation is 1. The lowest BCUT2D eigenvalue weighted by Crippen LogP contribution is -2.25. The smallest absolute Gasteiger partial charge is 0.285 e. The number of nitrogens with zero attached hydrogens (tertiary/aromatic N) is 1. The van der Waals surface area contributed by atoms with E-state index in [0.717, 1.165) is 0 Å². The zero-order chi connectivity index (χ0) is 18.1. The number of hydrogen-bond acceptors (Lipinski definition) is 5. The van der Waals surface area contributed by atoms with E-state index in [1.807, 2.05) is 0 Å². The van der Waals surface area contributed by atoms with Gasteiger partial charge in [0.1, 0.15) is 11.3 Å². The van der Waals surface area contributed by atoms with Crippen molar-refractivity contribution in [1.82, 2.24) is 0 Å². The number of benzene rings is 2. The number of para-hydroxylation sites is 1. The van der Waals surface area contributed by atoms with Gasteiger partial charge < -0.3 is 15.4 Å². The van der Waals surface area contributed by atoms with E-state index in [1.54, 1.807) is 19.1 Å². The summed E-state index contributed by atoms with van der Waals surface area (Å²) in [4.78, 5) is 34.4. The second-order valence-electron chi connectivity index (χ2n) is 5.35. The van der Waals surface area contributed by atoms with Crippen molar-refractivity contribution in [2.45, 2.75) is 6.92 Å². The van der Waals surface area contributed by atoms with Crippen LogP contribution in [0.1, 0.15) is 15.9 Å². The Bertz CT molecular complexity index is 913. The summed E-state index contributed by atoms with van der Waals surface area (Å²) in [5.74, 6) is -0.633. The van der Waals surface area contributed by atoms with E-state index in [9.17, 15) is 19.7 Å². The Morgan fingerprint density at radius 1 is 1.40 bits per heavy atom. The molecule has 2 aromatic rings. The minimum Gasteiger partial charge on any atom is -0.482 e. The lowest BCUT2D eigenvalue weighted by Gasteiger charge is -2.19. The molecule has 25 heavy (non-hydrogen) atoms. The van der Waals surface area contributed by atoms with Crippen molar-refractivity contribution in [3.05, 3.63) is 56.6 Å². The molecule has 0 aromatic heterocycles. The first-order chi connectivity index (χ1) is 11.9. The molecule has 2 N–H and O–H groups in total. The summed E-state index contributed by atoms with van der Waals surface area (Å²) in [5.41, 5.74) is 0.643. The third-order valence-electron chi connectivity index (χ3n) is 3.62. The van der Waals surface area contributed by atoms with E-state index in [2.05, 4.69) is 10.6 Å². The van der Waals surface area contributed by atoms with Gasteiger partial charge in [0.2, 0.25) is 0 Å². The Morgan fingerprint density at radius 2 is 2.16 bits per heavy atom. The van der Waals surface area contributed by atoms with Gasteiger partial charge in [-0.05, 0) is 19.1 Å². The maximum Gasteiger partial charge on any atom is 0.285 e. The molecule has 0 spiro atoms. The van der Waals surface area contributed by atoms with E-state index in [1.165, 1.54) is 18.2 Å². The van der Waals surface area contributed by atoms with E-state index < -0.39 is 10.8 Å². The molecule has 8 nitrogen and oxygen atoms in total. The Hall–Kier alpha value is -3.13. The monoisotopic (exact) mass is 361 g/mol. The summed E-state index contributed by atoms with van der Waals surface area (Å²) in [6, 6.07) is 7.37. The highest BCUT2D eigenvalue weighted by molar-refractivity contribution is 6.34. The van der Waals surface area contributed by atoms with Crippen molar-refractivity contribution >= 4 is 40.5 Å². The van der Waals surface area contributed by atoms with Crippen molar-refractivity contribution in [2.75, 3.05) is 17.2 Å². The first-order valence-electron chi connectivity index (χ1n) is 7.18. The van der Waals surface area contributed by atoms with Gasteiger partial charge in [-0.25, -0.2) is 0 Å². The average molecular weight is 362 g/mol. The number of rotatable bonds is 3. The topological polar surface area (TPSA) is 111 Å². The molecule has 0 aliphatic carbocycles. The molecule has 0 fully saturated rings. The third-order valence-corrected chi connectivity index (χ3v) is 3.93. The van der Waals surface area contributed by atoms with Gasteiger partial charge in [-0.15, -0.1) is 0 Å². The zero-order valence-electron chi connectivity index (χ0n) is 13.0. The fourth-order valence-electron chi connectivity index (χ4n) is 2.47. The standard InChI is InChI=1S/C16H12ClN3O5/c1-8-3-2-4-9(15(8)20(23)24)16(22)19-11-6-13-12(5-10(11)17)18-14(21)7-25-13/h2-6H,7H2,1H3,(H,18,21)(H,19,22). The van der Waals surface area contributed by atoms with Crippen molar-refractivity contribution in [1.29, 1.82) is 0 Å². The molecule has 9 heteroatoms. The Labute approximate surface area is 146 Å². The zero-order valence-corrected chi connectivity index (χ0v) is 13.7. The van der Waals surface area contributed by atoms with E-state index >= 15 is 0 Å². The normalized spacial score (nSPS) is 12.6. The number of nitrogens with one attached hydrogen (secondary N) is 2. The molecule has 1 aliphatic heterocycles. The molecule has 2 amide bonds. The highest BCUT2D eigenvalue weighted by atomic mass is 35.5. The van der Waals surface area contributed by atoms with Gasteiger partial charge in [0, 0.05) is 11.6 Å². The molecular formula is C16H12ClN3O5. The molecule has 0 radical (unpaired) electrons. The number of anilines is 2. The molecule has 0 atom stereocenters. The molecule has 1 heterocycles. The van der Waals surface area contributed by atoms with E-state index in [-0.39, 0.29) is 34.5 Å². The lowest BCUT2D eigenvalue weighted by molar-refractivity contribution is -0.385. The molecular weight excluding hydrogens is 350 g/mol. The van der Waals surface area contributed by atoms with Crippen molar-refractivity contribution in [3.63, 3.8) is 0 Å². The summed E-state index contributed by atoms with van der Waals surface area (Å²) in [6.45, 7) is 1.41. The van der Waals surface area contributed by atoms with Gasteiger partial charge >= 0.3 is 0 Å². The number of ether oxygens (including phenoxy) is 1. The highest BCUT2D eigenvalue weighted by Crippen LogP contribution is 2.36. The maximum absolute atomic E-state index is 12.5. The fraction of sp³-hybridized carbons (Fsp3) is 0.125. The molecule has 2 aromatic carbocycles. The number of carbonyl (C=O) groups is 2. The van der Waals surface area contributed by atoms with E-state index in [0.29, 0.717) is 17.0 Å². The molecule has 0 saturated carbocycles. The first kappa shape index (κ1) is 16.7. The van der Waals surface area contributed by atoms with Gasteiger partial charge in [0.25, 0.3) is 17.5 Å². The average Bonchev–Trinajstić information content (AvgIpc) is 2.55. The van der Waals surface area contributed by atoms with Gasteiger partial charge in [-0.2, -0.15) is 0 Å². The molecule has 0 unspecified atom stereocenters. The second kappa shape index (κ2) is 6.40. The summed E-state index contributed by atoms with van der Waals surface area (Å²) < 4.78 is 5.27. The van der Waals surface area contributed by atoms with Crippen molar-refractivity contribution in [3.8, 4) is 5.75 Å². The summed E-state index contributed by atoms with van der Waals surface area (Å²) in [6.07, 6.45) is 0. The number of carbonyl (C=O) groups excluding carboxylic acids is 2. The van der Waals surface area contributed by atoms with Crippen LogP contribution in [-0.4, -0.2) is 23.3 Å².